The van der Waals surface area contributed by atoms with Gasteiger partial charge in [-0.1, -0.05) is 13.8 Å². The van der Waals surface area contributed by atoms with Crippen LogP contribution >= 0.6 is 0 Å². The fourth-order valence-electron chi connectivity index (χ4n) is 2.57. The molecular formula is C17H21NO6. The molecule has 0 heterocycles. The Balaban J connectivity index is 0.00000139. The maximum absolute atomic E-state index is 11.8. The molecule has 0 saturated carbocycles. The van der Waals surface area contributed by atoms with Crippen molar-refractivity contribution >= 4 is 23.2 Å². The lowest BCUT2D eigenvalue weighted by Crippen LogP contribution is -2.06. The van der Waals surface area contributed by atoms with E-state index in [0.29, 0.717) is 29.6 Å². The predicted molar refractivity (Wildman–Crippen MR) is 88.6 cm³/mol. The van der Waals surface area contributed by atoms with Gasteiger partial charge in [0, 0.05) is 11.6 Å². The molecule has 130 valence electrons. The van der Waals surface area contributed by atoms with Crippen LogP contribution in [0.4, 0.5) is 5.69 Å². The summed E-state index contributed by atoms with van der Waals surface area (Å²) in [5.41, 5.74) is 1.28. The van der Waals surface area contributed by atoms with Crippen LogP contribution in [0.1, 0.15) is 49.0 Å². The second-order valence-electron chi connectivity index (χ2n) is 4.78. The number of ether oxygens (including phenoxy) is 2. The van der Waals surface area contributed by atoms with Crippen LogP contribution in [0.2, 0.25) is 0 Å². The van der Waals surface area contributed by atoms with Crippen molar-refractivity contribution in [3.63, 3.8) is 0 Å². The molecule has 0 aliphatic heterocycles. The summed E-state index contributed by atoms with van der Waals surface area (Å²) in [5.74, 6) is -1.12. The van der Waals surface area contributed by atoms with E-state index in [-0.39, 0.29) is 11.3 Å². The number of esters is 2. The Hall–Kier alpha value is -2.70. The number of hydrogen-bond acceptors (Lipinski definition) is 6. The fraction of sp³-hybridized carbons (Fsp3) is 0.412. The number of allylic oxidation sites excluding steroid dienone is 1. The number of nitro groups is 1. The number of hydrogen-bond donors (Lipinski definition) is 0. The molecule has 0 radical (unpaired) electrons. The monoisotopic (exact) mass is 335 g/mol. The van der Waals surface area contributed by atoms with Gasteiger partial charge in [-0.25, -0.2) is 9.59 Å². The Morgan fingerprint density at radius 2 is 1.71 bits per heavy atom. The van der Waals surface area contributed by atoms with Crippen LogP contribution in [-0.2, 0) is 14.3 Å². The third-order valence-corrected chi connectivity index (χ3v) is 3.59. The Morgan fingerprint density at radius 1 is 1.08 bits per heavy atom. The molecule has 0 N–H and O–H groups in total. The van der Waals surface area contributed by atoms with Crippen molar-refractivity contribution in [2.75, 3.05) is 14.2 Å². The molecule has 0 aromatic heterocycles. The minimum atomic E-state index is -0.650. The van der Waals surface area contributed by atoms with E-state index in [0.717, 1.165) is 6.42 Å². The first kappa shape index (κ1) is 19.3. The van der Waals surface area contributed by atoms with Crippen LogP contribution in [0.15, 0.2) is 23.8 Å². The molecule has 7 heteroatoms. The van der Waals surface area contributed by atoms with Gasteiger partial charge in [-0.05, 0) is 37.0 Å². The second-order valence-corrected chi connectivity index (χ2v) is 4.78. The van der Waals surface area contributed by atoms with Crippen LogP contribution in [0.25, 0.3) is 5.57 Å². The van der Waals surface area contributed by atoms with E-state index in [2.05, 4.69) is 4.74 Å². The number of benzene rings is 1. The molecule has 0 saturated heterocycles. The number of nitro benzene ring substituents is 1. The normalized spacial score (nSPS) is 13.0. The van der Waals surface area contributed by atoms with E-state index in [4.69, 9.17) is 4.74 Å². The summed E-state index contributed by atoms with van der Waals surface area (Å²) in [6.07, 6.45) is 1.82. The van der Waals surface area contributed by atoms with E-state index in [1.54, 1.807) is 0 Å². The summed E-state index contributed by atoms with van der Waals surface area (Å²) in [6.45, 7) is 4.00. The Labute approximate surface area is 140 Å². The van der Waals surface area contributed by atoms with Crippen molar-refractivity contribution in [3.8, 4) is 0 Å². The first-order valence-electron chi connectivity index (χ1n) is 7.67. The molecule has 2 rings (SSSR count). The van der Waals surface area contributed by atoms with Crippen LogP contribution in [0, 0.1) is 10.1 Å². The summed E-state index contributed by atoms with van der Waals surface area (Å²) in [4.78, 5) is 34.0. The minimum Gasteiger partial charge on any atom is -0.466 e. The number of carbonyl (C=O) groups is 2. The van der Waals surface area contributed by atoms with E-state index in [9.17, 15) is 19.7 Å². The van der Waals surface area contributed by atoms with Gasteiger partial charge in [0.05, 0.1) is 30.3 Å². The first-order chi connectivity index (χ1) is 11.5. The molecule has 1 aromatic carbocycles. The Kier molecular flexibility index (Phi) is 7.10. The quantitative estimate of drug-likeness (QED) is 0.474. The molecule has 0 fully saturated rings. The summed E-state index contributed by atoms with van der Waals surface area (Å²) < 4.78 is 9.29. The van der Waals surface area contributed by atoms with Crippen LogP contribution in [-0.4, -0.2) is 31.1 Å². The largest absolute Gasteiger partial charge is 0.466 e. The van der Waals surface area contributed by atoms with Gasteiger partial charge in [-0.3, -0.25) is 10.1 Å². The summed E-state index contributed by atoms with van der Waals surface area (Å²) in [6, 6.07) is 4.10. The zero-order chi connectivity index (χ0) is 18.3. The van der Waals surface area contributed by atoms with Gasteiger partial charge in [0.2, 0.25) is 0 Å². The van der Waals surface area contributed by atoms with Crippen LogP contribution < -0.4 is 0 Å². The summed E-state index contributed by atoms with van der Waals surface area (Å²) in [5, 5.41) is 11.3. The predicted octanol–water partition coefficient (Wildman–Crippen LogP) is 3.52. The maximum atomic E-state index is 11.8. The van der Waals surface area contributed by atoms with E-state index >= 15 is 0 Å². The maximum Gasteiger partial charge on any atom is 0.338 e. The zero-order valence-corrected chi connectivity index (χ0v) is 14.3. The zero-order valence-electron chi connectivity index (χ0n) is 14.3. The molecule has 1 aliphatic rings. The molecule has 0 amide bonds. The fourth-order valence-corrected chi connectivity index (χ4v) is 2.57. The lowest BCUT2D eigenvalue weighted by Gasteiger charge is -2.08. The van der Waals surface area contributed by atoms with Gasteiger partial charge in [0.15, 0.2) is 0 Å². The topological polar surface area (TPSA) is 95.7 Å². The van der Waals surface area contributed by atoms with E-state index in [1.165, 1.54) is 32.4 Å². The lowest BCUT2D eigenvalue weighted by molar-refractivity contribution is -0.385. The highest BCUT2D eigenvalue weighted by molar-refractivity contribution is 6.00. The van der Waals surface area contributed by atoms with Crippen LogP contribution in [0.3, 0.4) is 0 Å². The van der Waals surface area contributed by atoms with Gasteiger partial charge in [0.1, 0.15) is 0 Å². The highest BCUT2D eigenvalue weighted by Gasteiger charge is 2.28. The SMILES string of the molecule is CC.COC(=O)C1=C(c2ccc(C(=O)OC)cc2[N+](=O)[O-])CCC1. The first-order valence-corrected chi connectivity index (χ1v) is 7.67. The lowest BCUT2D eigenvalue weighted by atomic mass is 9.98. The third-order valence-electron chi connectivity index (χ3n) is 3.59. The molecule has 1 aliphatic carbocycles. The molecule has 24 heavy (non-hydrogen) atoms. The molecule has 0 unspecified atom stereocenters. The molecule has 0 atom stereocenters. The number of carbonyl (C=O) groups excluding carboxylic acids is 2. The number of nitrogens with zero attached hydrogens (tertiary/aromatic N) is 1. The Morgan fingerprint density at radius 3 is 2.25 bits per heavy atom. The molecule has 0 spiro atoms. The second kappa shape index (κ2) is 8.81. The van der Waals surface area contributed by atoms with E-state index in [1.807, 2.05) is 13.8 Å². The third kappa shape index (κ3) is 3.98. The smallest absolute Gasteiger partial charge is 0.338 e. The Bertz CT molecular complexity index is 678. The average Bonchev–Trinajstić information content (AvgIpc) is 3.11. The van der Waals surface area contributed by atoms with E-state index < -0.39 is 16.9 Å². The van der Waals surface area contributed by atoms with Gasteiger partial charge >= 0.3 is 11.9 Å². The van der Waals surface area contributed by atoms with Crippen molar-refractivity contribution in [2.24, 2.45) is 0 Å². The highest BCUT2D eigenvalue weighted by atomic mass is 16.6. The van der Waals surface area contributed by atoms with Gasteiger partial charge < -0.3 is 9.47 Å². The molecular weight excluding hydrogens is 314 g/mol. The summed E-state index contributed by atoms with van der Waals surface area (Å²) in [7, 11) is 2.48. The summed E-state index contributed by atoms with van der Waals surface area (Å²) >= 11 is 0. The van der Waals surface area contributed by atoms with Gasteiger partial charge in [-0.2, -0.15) is 0 Å². The van der Waals surface area contributed by atoms with Crippen molar-refractivity contribution in [2.45, 2.75) is 33.1 Å². The van der Waals surface area contributed by atoms with Crippen LogP contribution in [0.5, 0.6) is 0 Å². The van der Waals surface area contributed by atoms with Crippen molar-refractivity contribution < 1.29 is 24.0 Å². The van der Waals surface area contributed by atoms with Gasteiger partial charge in [-0.15, -0.1) is 0 Å². The highest BCUT2D eigenvalue weighted by Crippen LogP contribution is 2.38. The average molecular weight is 335 g/mol. The molecule has 0 bridgehead atoms. The number of rotatable bonds is 4. The number of methoxy groups -OCH3 is 2. The van der Waals surface area contributed by atoms with Gasteiger partial charge in [0.25, 0.3) is 5.69 Å². The molecule has 1 aromatic rings. The van der Waals surface area contributed by atoms with Crippen molar-refractivity contribution in [1.29, 1.82) is 0 Å². The molecule has 7 nitrogen and oxygen atoms in total. The standard InChI is InChI=1S/C15H15NO6.C2H6/c1-21-14(17)9-6-7-11(13(8-9)16(19)20)10-4-3-5-12(10)15(18)22-2;1-2/h6-8H,3-5H2,1-2H3;1-2H3. The van der Waals surface area contributed by atoms with Crippen molar-refractivity contribution in [3.05, 3.63) is 45.0 Å². The van der Waals surface area contributed by atoms with Crippen molar-refractivity contribution in [1.82, 2.24) is 0 Å². The minimum absolute atomic E-state index is 0.0937.